The Hall–Kier alpha value is -3.61. The topological polar surface area (TPSA) is 85.2 Å². The van der Waals surface area contributed by atoms with E-state index in [0.717, 1.165) is 22.5 Å². The van der Waals surface area contributed by atoms with Gasteiger partial charge in [-0.3, -0.25) is 20.4 Å². The summed E-state index contributed by atoms with van der Waals surface area (Å²) in [7, 11) is 0. The van der Waals surface area contributed by atoms with E-state index in [1.807, 2.05) is 69.3 Å². The van der Waals surface area contributed by atoms with Crippen LogP contribution in [0, 0.1) is 13.8 Å². The molecule has 0 fully saturated rings. The van der Waals surface area contributed by atoms with E-state index in [1.165, 1.54) is 6.20 Å². The first-order valence-electron chi connectivity index (χ1n) is 9.87. The zero-order valence-corrected chi connectivity index (χ0v) is 17.6. The molecule has 2 amide bonds. The molecule has 0 spiro atoms. The molecular weight excluding hydrogens is 380 g/mol. The summed E-state index contributed by atoms with van der Waals surface area (Å²) in [5, 5.41) is 4.33. The number of amides is 2. The van der Waals surface area contributed by atoms with E-state index in [0.29, 0.717) is 17.7 Å². The predicted molar refractivity (Wildman–Crippen MR) is 115 cm³/mol. The Morgan fingerprint density at radius 1 is 1.07 bits per heavy atom. The van der Waals surface area contributed by atoms with Crippen molar-refractivity contribution in [3.8, 4) is 11.4 Å². The van der Waals surface area contributed by atoms with Crippen molar-refractivity contribution in [3.63, 3.8) is 0 Å². The zero-order chi connectivity index (χ0) is 21.7. The maximum absolute atomic E-state index is 12.6. The fourth-order valence-electron chi connectivity index (χ4n) is 3.08. The van der Waals surface area contributed by atoms with Gasteiger partial charge in [0.05, 0.1) is 23.1 Å². The summed E-state index contributed by atoms with van der Waals surface area (Å²) in [6.07, 6.45) is 1.34. The molecule has 1 heterocycles. The van der Waals surface area contributed by atoms with Gasteiger partial charge in [-0.15, -0.1) is 0 Å². The molecular formula is C23H26N4O3. The SMILES string of the molecule is CCc1c(C(=O)NNC(=O)C(C)Oc2cccc(C)c2C)cnn1-c1ccccc1. The van der Waals surface area contributed by atoms with Crippen molar-refractivity contribution in [2.75, 3.05) is 0 Å². The number of aromatic nitrogens is 2. The van der Waals surface area contributed by atoms with E-state index in [1.54, 1.807) is 11.6 Å². The smallest absolute Gasteiger partial charge is 0.279 e. The quantitative estimate of drug-likeness (QED) is 0.615. The van der Waals surface area contributed by atoms with Crippen LogP contribution in [0.25, 0.3) is 5.69 Å². The molecule has 1 unspecified atom stereocenters. The number of hydrogen-bond donors (Lipinski definition) is 2. The molecule has 7 nitrogen and oxygen atoms in total. The maximum Gasteiger partial charge on any atom is 0.279 e. The van der Waals surface area contributed by atoms with Crippen LogP contribution in [0.15, 0.2) is 54.7 Å². The minimum absolute atomic E-state index is 0.407. The van der Waals surface area contributed by atoms with E-state index in [2.05, 4.69) is 16.0 Å². The number of ether oxygens (including phenoxy) is 1. The number of aryl methyl sites for hydroxylation is 1. The Labute approximate surface area is 176 Å². The van der Waals surface area contributed by atoms with Gasteiger partial charge in [0.15, 0.2) is 6.10 Å². The van der Waals surface area contributed by atoms with Gasteiger partial charge in [-0.05, 0) is 56.5 Å². The highest BCUT2D eigenvalue weighted by Gasteiger charge is 2.20. The summed E-state index contributed by atoms with van der Waals surface area (Å²) in [5.74, 6) is -0.236. The lowest BCUT2D eigenvalue weighted by Gasteiger charge is -2.17. The average Bonchev–Trinajstić information content (AvgIpc) is 3.19. The molecule has 0 radical (unpaired) electrons. The number of hydrazine groups is 1. The van der Waals surface area contributed by atoms with Crippen molar-refractivity contribution in [2.24, 2.45) is 0 Å². The third-order valence-electron chi connectivity index (χ3n) is 4.98. The number of nitrogens with one attached hydrogen (secondary N) is 2. The Balaban J connectivity index is 1.64. The number of benzene rings is 2. The molecule has 2 aromatic carbocycles. The van der Waals surface area contributed by atoms with Crippen molar-refractivity contribution in [3.05, 3.63) is 77.1 Å². The number of rotatable bonds is 6. The Morgan fingerprint density at radius 3 is 2.50 bits per heavy atom. The van der Waals surface area contributed by atoms with Crippen LogP contribution in [-0.2, 0) is 11.2 Å². The summed E-state index contributed by atoms with van der Waals surface area (Å²) in [5.41, 5.74) is 8.98. The highest BCUT2D eigenvalue weighted by atomic mass is 16.5. The largest absolute Gasteiger partial charge is 0.481 e. The molecule has 0 aliphatic carbocycles. The molecule has 30 heavy (non-hydrogen) atoms. The second-order valence-corrected chi connectivity index (χ2v) is 7.01. The van der Waals surface area contributed by atoms with Crippen LogP contribution in [-0.4, -0.2) is 27.7 Å². The number of para-hydroxylation sites is 1. The molecule has 0 bridgehead atoms. The minimum Gasteiger partial charge on any atom is -0.481 e. The van der Waals surface area contributed by atoms with E-state index in [-0.39, 0.29) is 0 Å². The molecule has 0 aliphatic rings. The van der Waals surface area contributed by atoms with Gasteiger partial charge < -0.3 is 4.74 Å². The van der Waals surface area contributed by atoms with Gasteiger partial charge in [0.25, 0.3) is 11.8 Å². The molecule has 3 aromatic rings. The van der Waals surface area contributed by atoms with E-state index < -0.39 is 17.9 Å². The number of nitrogens with zero attached hydrogens (tertiary/aromatic N) is 2. The first-order chi connectivity index (χ1) is 14.4. The van der Waals surface area contributed by atoms with E-state index >= 15 is 0 Å². The number of carbonyl (C=O) groups is 2. The average molecular weight is 406 g/mol. The Kier molecular flexibility index (Phi) is 6.51. The number of carbonyl (C=O) groups excluding carboxylic acids is 2. The molecule has 0 saturated heterocycles. The van der Waals surface area contributed by atoms with Gasteiger partial charge in [0.1, 0.15) is 5.75 Å². The van der Waals surface area contributed by atoms with Gasteiger partial charge in [-0.2, -0.15) is 5.10 Å². The van der Waals surface area contributed by atoms with Crippen molar-refractivity contribution in [2.45, 2.75) is 40.2 Å². The molecule has 2 N–H and O–H groups in total. The summed E-state index contributed by atoms with van der Waals surface area (Å²) in [4.78, 5) is 25.0. The van der Waals surface area contributed by atoms with Gasteiger partial charge in [0.2, 0.25) is 0 Å². The van der Waals surface area contributed by atoms with Crippen LogP contribution in [0.2, 0.25) is 0 Å². The Morgan fingerprint density at radius 2 is 1.80 bits per heavy atom. The van der Waals surface area contributed by atoms with E-state index in [9.17, 15) is 9.59 Å². The van der Waals surface area contributed by atoms with Gasteiger partial charge >= 0.3 is 0 Å². The van der Waals surface area contributed by atoms with Crippen molar-refractivity contribution < 1.29 is 14.3 Å². The molecule has 0 saturated carbocycles. The Bertz CT molecular complexity index is 1040. The summed E-state index contributed by atoms with van der Waals surface area (Å²) in [6, 6.07) is 15.2. The number of hydrogen-bond acceptors (Lipinski definition) is 4. The first kappa shape index (κ1) is 21.1. The lowest BCUT2D eigenvalue weighted by Crippen LogP contribution is -2.47. The standard InChI is InChI=1S/C23H26N4O3/c1-5-20-19(14-24-27(20)18-11-7-6-8-12-18)23(29)26-25-22(28)17(4)30-21-13-9-10-15(2)16(21)3/h6-14,17H,5H2,1-4H3,(H,25,28)(H,26,29). The second-order valence-electron chi connectivity index (χ2n) is 7.01. The molecule has 3 rings (SSSR count). The van der Waals surface area contributed by atoms with E-state index in [4.69, 9.17) is 4.74 Å². The van der Waals surface area contributed by atoms with Crippen LogP contribution in [0.3, 0.4) is 0 Å². The zero-order valence-electron chi connectivity index (χ0n) is 17.6. The minimum atomic E-state index is -0.775. The normalized spacial score (nSPS) is 11.6. The van der Waals surface area contributed by atoms with Gasteiger partial charge in [-0.1, -0.05) is 37.3 Å². The highest BCUT2D eigenvalue weighted by molar-refractivity contribution is 5.96. The van der Waals surface area contributed by atoms with Crippen molar-refractivity contribution in [1.29, 1.82) is 0 Å². The van der Waals surface area contributed by atoms with Gasteiger partial charge in [-0.25, -0.2) is 4.68 Å². The molecule has 7 heteroatoms. The fourth-order valence-corrected chi connectivity index (χ4v) is 3.08. The predicted octanol–water partition coefficient (Wildman–Crippen LogP) is 3.28. The monoisotopic (exact) mass is 406 g/mol. The summed E-state index contributed by atoms with van der Waals surface area (Å²) in [6.45, 7) is 7.50. The first-order valence-corrected chi connectivity index (χ1v) is 9.87. The molecule has 1 aromatic heterocycles. The van der Waals surface area contributed by atoms with Crippen LogP contribution >= 0.6 is 0 Å². The third kappa shape index (κ3) is 4.51. The fraction of sp³-hybridized carbons (Fsp3) is 0.261. The lowest BCUT2D eigenvalue weighted by molar-refractivity contribution is -0.128. The van der Waals surface area contributed by atoms with Gasteiger partial charge in [0, 0.05) is 0 Å². The summed E-state index contributed by atoms with van der Waals surface area (Å²) >= 11 is 0. The van der Waals surface area contributed by atoms with Crippen LogP contribution in [0.4, 0.5) is 0 Å². The molecule has 1 atom stereocenters. The van der Waals surface area contributed by atoms with Crippen LogP contribution in [0.5, 0.6) is 5.75 Å². The lowest BCUT2D eigenvalue weighted by atomic mass is 10.1. The van der Waals surface area contributed by atoms with Crippen molar-refractivity contribution in [1.82, 2.24) is 20.6 Å². The summed E-state index contributed by atoms with van der Waals surface area (Å²) < 4.78 is 7.48. The third-order valence-corrected chi connectivity index (χ3v) is 4.98. The van der Waals surface area contributed by atoms with Crippen LogP contribution in [0.1, 0.15) is 41.0 Å². The molecule has 156 valence electrons. The second kappa shape index (κ2) is 9.26. The highest BCUT2D eigenvalue weighted by Crippen LogP contribution is 2.21. The van der Waals surface area contributed by atoms with Crippen molar-refractivity contribution >= 4 is 11.8 Å². The maximum atomic E-state index is 12.6. The molecule has 0 aliphatic heterocycles. The van der Waals surface area contributed by atoms with Crippen LogP contribution < -0.4 is 15.6 Å².